The fourth-order valence-corrected chi connectivity index (χ4v) is 4.16. The summed E-state index contributed by atoms with van der Waals surface area (Å²) in [6, 6.07) is 0. The van der Waals surface area contributed by atoms with Gasteiger partial charge in [0, 0.05) is 5.41 Å². The molecule has 0 radical (unpaired) electrons. The lowest BCUT2D eigenvalue weighted by atomic mass is 9.55. The van der Waals surface area contributed by atoms with Gasteiger partial charge in [0.1, 0.15) is 5.60 Å². The smallest absolute Gasteiger partial charge is 0.312 e. The molecule has 0 aromatic rings. The highest BCUT2D eigenvalue weighted by atomic mass is 16.6. The molecule has 2 heteroatoms. The summed E-state index contributed by atoms with van der Waals surface area (Å²) in [5.41, 5.74) is -0.458. The molecule has 2 bridgehead atoms. The number of hydrogen-bond acceptors (Lipinski definition) is 2. The second kappa shape index (κ2) is 5.35. The van der Waals surface area contributed by atoms with Crippen LogP contribution in [0.15, 0.2) is 0 Å². The first-order valence-corrected chi connectivity index (χ1v) is 8.46. The molecule has 2 rings (SSSR count). The van der Waals surface area contributed by atoms with Crippen molar-refractivity contribution in [2.45, 2.75) is 91.6 Å². The van der Waals surface area contributed by atoms with Crippen molar-refractivity contribution in [2.75, 3.05) is 0 Å². The monoisotopic (exact) mass is 280 g/mol. The first-order chi connectivity index (χ1) is 9.22. The molecular weight excluding hydrogens is 248 g/mol. The zero-order chi connectivity index (χ0) is 15.0. The molecule has 2 nitrogen and oxygen atoms in total. The van der Waals surface area contributed by atoms with Crippen molar-refractivity contribution < 1.29 is 9.53 Å². The maximum atomic E-state index is 12.5. The number of carbonyl (C=O) groups is 1. The quantitative estimate of drug-likeness (QED) is 0.669. The minimum atomic E-state index is -0.364. The minimum absolute atomic E-state index is 0.0212. The summed E-state index contributed by atoms with van der Waals surface area (Å²) in [4.78, 5) is 12.5. The molecule has 0 N–H and O–H groups in total. The highest BCUT2D eigenvalue weighted by Gasteiger charge is 2.52. The molecule has 0 aromatic heterocycles. The topological polar surface area (TPSA) is 26.3 Å². The van der Waals surface area contributed by atoms with E-state index in [2.05, 4.69) is 20.8 Å². The minimum Gasteiger partial charge on any atom is -0.459 e. The molecule has 0 unspecified atom stereocenters. The highest BCUT2D eigenvalue weighted by Crippen LogP contribution is 2.56. The van der Waals surface area contributed by atoms with Crippen LogP contribution in [0.1, 0.15) is 86.0 Å². The van der Waals surface area contributed by atoms with E-state index in [4.69, 9.17) is 4.74 Å². The van der Waals surface area contributed by atoms with Crippen molar-refractivity contribution in [3.05, 3.63) is 0 Å². The van der Waals surface area contributed by atoms with Gasteiger partial charge in [0.25, 0.3) is 0 Å². The molecule has 0 saturated heterocycles. The Morgan fingerprint density at radius 1 is 1.15 bits per heavy atom. The molecule has 0 amide bonds. The van der Waals surface area contributed by atoms with Gasteiger partial charge in [-0.15, -0.1) is 0 Å². The maximum Gasteiger partial charge on any atom is 0.312 e. The Morgan fingerprint density at radius 2 is 1.70 bits per heavy atom. The number of rotatable bonds is 4. The van der Waals surface area contributed by atoms with Crippen LogP contribution in [-0.4, -0.2) is 11.6 Å². The number of esters is 1. The van der Waals surface area contributed by atoms with Crippen LogP contribution in [-0.2, 0) is 9.53 Å². The fraction of sp³-hybridized carbons (Fsp3) is 0.944. The van der Waals surface area contributed by atoms with E-state index < -0.39 is 0 Å². The molecule has 0 aliphatic heterocycles. The van der Waals surface area contributed by atoms with E-state index in [1.807, 2.05) is 13.8 Å². The van der Waals surface area contributed by atoms with Crippen molar-refractivity contribution in [3.63, 3.8) is 0 Å². The Kier molecular flexibility index (Phi) is 4.24. The van der Waals surface area contributed by atoms with Crippen LogP contribution >= 0.6 is 0 Å². The molecule has 0 spiro atoms. The molecule has 20 heavy (non-hydrogen) atoms. The maximum absolute atomic E-state index is 12.5. The van der Waals surface area contributed by atoms with Gasteiger partial charge in [-0.05, 0) is 59.3 Å². The van der Waals surface area contributed by atoms with Crippen LogP contribution in [0.5, 0.6) is 0 Å². The molecule has 116 valence electrons. The van der Waals surface area contributed by atoms with E-state index in [9.17, 15) is 4.79 Å². The number of carbonyl (C=O) groups excluding carboxylic acids is 1. The lowest BCUT2D eigenvalue weighted by Crippen LogP contribution is -2.52. The van der Waals surface area contributed by atoms with Gasteiger partial charge in [0.15, 0.2) is 0 Å². The predicted molar refractivity (Wildman–Crippen MR) is 82.5 cm³/mol. The Bertz CT molecular complexity index is 358. The fourth-order valence-electron chi connectivity index (χ4n) is 4.16. The summed E-state index contributed by atoms with van der Waals surface area (Å²) in [5, 5.41) is 0. The van der Waals surface area contributed by atoms with Crippen molar-refractivity contribution >= 4 is 5.97 Å². The van der Waals surface area contributed by atoms with Crippen LogP contribution < -0.4 is 0 Å². The van der Waals surface area contributed by atoms with Crippen LogP contribution in [0.4, 0.5) is 0 Å². The van der Waals surface area contributed by atoms with Gasteiger partial charge in [-0.3, -0.25) is 4.79 Å². The van der Waals surface area contributed by atoms with Crippen molar-refractivity contribution in [1.29, 1.82) is 0 Å². The van der Waals surface area contributed by atoms with E-state index in [1.54, 1.807) is 0 Å². The summed E-state index contributed by atoms with van der Waals surface area (Å²) in [6.07, 6.45) is 9.94. The molecule has 2 aliphatic carbocycles. The van der Waals surface area contributed by atoms with Crippen LogP contribution in [0.25, 0.3) is 0 Å². The predicted octanol–water partition coefficient (Wildman–Crippen LogP) is 5.10. The third-order valence-corrected chi connectivity index (χ3v) is 6.28. The third-order valence-electron chi connectivity index (χ3n) is 6.28. The van der Waals surface area contributed by atoms with E-state index in [-0.39, 0.29) is 22.4 Å². The van der Waals surface area contributed by atoms with Crippen molar-refractivity contribution in [2.24, 2.45) is 16.7 Å². The molecule has 2 aliphatic rings. The summed E-state index contributed by atoms with van der Waals surface area (Å²) >= 11 is 0. The molecular formula is C18H32O2. The van der Waals surface area contributed by atoms with Crippen molar-refractivity contribution in [3.8, 4) is 0 Å². The van der Waals surface area contributed by atoms with Gasteiger partial charge >= 0.3 is 5.97 Å². The molecule has 0 aromatic carbocycles. The van der Waals surface area contributed by atoms with E-state index >= 15 is 0 Å². The number of hydrogen-bond donors (Lipinski definition) is 0. The van der Waals surface area contributed by atoms with Crippen molar-refractivity contribution in [1.82, 2.24) is 0 Å². The third kappa shape index (κ3) is 2.76. The first kappa shape index (κ1) is 15.9. The first-order valence-electron chi connectivity index (χ1n) is 8.46. The SMILES string of the molecule is CCC(C)(C)C(=O)OC(C)(C)C12CCCC(CCC1)C2. The lowest BCUT2D eigenvalue weighted by molar-refractivity contribution is -0.191. The van der Waals surface area contributed by atoms with Crippen LogP contribution in [0.2, 0.25) is 0 Å². The largest absolute Gasteiger partial charge is 0.459 e. The number of fused-ring (bicyclic) bond motifs is 2. The standard InChI is InChI=1S/C18H32O2/c1-6-16(2,3)15(19)20-17(4,5)18-11-7-9-14(13-18)10-8-12-18/h14H,6-13H2,1-5H3. The Hall–Kier alpha value is -0.530. The molecule has 0 atom stereocenters. The Labute approximate surface area is 124 Å². The molecule has 2 fully saturated rings. The van der Waals surface area contributed by atoms with E-state index in [1.165, 1.54) is 44.9 Å². The summed E-state index contributed by atoms with van der Waals surface area (Å²) < 4.78 is 6.07. The van der Waals surface area contributed by atoms with Gasteiger partial charge in [-0.2, -0.15) is 0 Å². The summed E-state index contributed by atoms with van der Waals surface area (Å²) in [6.45, 7) is 10.4. The Balaban J connectivity index is 2.14. The second-order valence-electron chi connectivity index (χ2n) is 8.27. The average molecular weight is 280 g/mol. The van der Waals surface area contributed by atoms with Crippen LogP contribution in [0.3, 0.4) is 0 Å². The normalized spacial score (nSPS) is 30.9. The van der Waals surface area contributed by atoms with E-state index in [0.717, 1.165) is 12.3 Å². The second-order valence-corrected chi connectivity index (χ2v) is 8.27. The lowest BCUT2D eigenvalue weighted by Gasteiger charge is -2.53. The summed E-state index contributed by atoms with van der Waals surface area (Å²) in [7, 11) is 0. The average Bonchev–Trinajstić information content (AvgIpc) is 2.38. The zero-order valence-corrected chi connectivity index (χ0v) is 14.1. The highest BCUT2D eigenvalue weighted by molar-refractivity contribution is 5.76. The van der Waals surface area contributed by atoms with Gasteiger partial charge in [-0.25, -0.2) is 0 Å². The zero-order valence-electron chi connectivity index (χ0n) is 14.1. The molecule has 2 saturated carbocycles. The van der Waals surface area contributed by atoms with Gasteiger partial charge in [0.2, 0.25) is 0 Å². The van der Waals surface area contributed by atoms with Gasteiger partial charge < -0.3 is 4.74 Å². The number of ether oxygens (including phenoxy) is 1. The molecule has 0 heterocycles. The van der Waals surface area contributed by atoms with Crippen LogP contribution in [0, 0.1) is 16.7 Å². The Morgan fingerprint density at radius 3 is 2.20 bits per heavy atom. The van der Waals surface area contributed by atoms with Gasteiger partial charge in [-0.1, -0.05) is 32.6 Å². The summed E-state index contributed by atoms with van der Waals surface area (Å²) in [5.74, 6) is 0.849. The van der Waals surface area contributed by atoms with E-state index in [0.29, 0.717) is 0 Å². The van der Waals surface area contributed by atoms with Gasteiger partial charge in [0.05, 0.1) is 5.41 Å².